The molecule has 1 saturated heterocycles. The molecule has 0 aromatic carbocycles. The maximum Gasteiger partial charge on any atom is 0.229 e. The minimum absolute atomic E-state index is 0.156. The third kappa shape index (κ3) is 2.07. The molecule has 0 amide bonds. The van der Waals surface area contributed by atoms with Gasteiger partial charge in [-0.25, -0.2) is 8.42 Å². The first-order chi connectivity index (χ1) is 9.35. The van der Waals surface area contributed by atoms with Crippen molar-refractivity contribution in [3.63, 3.8) is 0 Å². The Labute approximate surface area is 119 Å². The Morgan fingerprint density at radius 1 is 1.40 bits per heavy atom. The monoisotopic (exact) mass is 299 g/mol. The molecule has 1 saturated carbocycles. The van der Waals surface area contributed by atoms with E-state index in [2.05, 4.69) is 10.1 Å². The molecule has 2 heterocycles. The van der Waals surface area contributed by atoms with Gasteiger partial charge in [0.25, 0.3) is 0 Å². The van der Waals surface area contributed by atoms with Crippen LogP contribution in [0.25, 0.3) is 0 Å². The number of rotatable bonds is 4. The number of sulfonamides is 1. The summed E-state index contributed by atoms with van der Waals surface area (Å²) in [6.07, 6.45) is 3.13. The second-order valence-corrected chi connectivity index (χ2v) is 8.77. The highest BCUT2D eigenvalue weighted by Crippen LogP contribution is 2.48. The van der Waals surface area contributed by atoms with Crippen molar-refractivity contribution in [3.8, 4) is 0 Å². The van der Waals surface area contributed by atoms with Crippen LogP contribution in [0.3, 0.4) is 0 Å². The van der Waals surface area contributed by atoms with Gasteiger partial charge in [-0.3, -0.25) is 0 Å². The maximum absolute atomic E-state index is 12.7. The largest absolute Gasteiger partial charge is 0.339 e. The Kier molecular flexibility index (Phi) is 3.17. The molecule has 0 N–H and O–H groups in total. The van der Waals surface area contributed by atoms with Crippen LogP contribution in [0.5, 0.6) is 0 Å². The average molecular weight is 299 g/mol. The molecule has 7 heteroatoms. The van der Waals surface area contributed by atoms with E-state index >= 15 is 0 Å². The van der Waals surface area contributed by atoms with Crippen LogP contribution in [0.4, 0.5) is 0 Å². The lowest BCUT2D eigenvalue weighted by Crippen LogP contribution is -2.38. The molecule has 1 atom stereocenters. The molecule has 6 nitrogen and oxygen atoms in total. The fraction of sp³-hybridized carbons (Fsp3) is 0.846. The average Bonchev–Trinajstić information content (AvgIpc) is 2.89. The van der Waals surface area contributed by atoms with E-state index in [0.717, 1.165) is 25.7 Å². The minimum atomic E-state index is -3.26. The molecule has 2 aliphatic rings. The van der Waals surface area contributed by atoms with Gasteiger partial charge in [0, 0.05) is 12.5 Å². The molecule has 20 heavy (non-hydrogen) atoms. The van der Waals surface area contributed by atoms with Crippen LogP contribution in [0.1, 0.15) is 70.1 Å². The minimum Gasteiger partial charge on any atom is -0.339 e. The second-order valence-electron chi connectivity index (χ2n) is 6.37. The van der Waals surface area contributed by atoms with Crippen molar-refractivity contribution in [2.75, 3.05) is 6.54 Å². The first kappa shape index (κ1) is 14.0. The van der Waals surface area contributed by atoms with Gasteiger partial charge >= 0.3 is 0 Å². The van der Waals surface area contributed by atoms with Gasteiger partial charge in [-0.2, -0.15) is 9.29 Å². The van der Waals surface area contributed by atoms with Crippen LogP contribution < -0.4 is 0 Å². The van der Waals surface area contributed by atoms with Crippen molar-refractivity contribution < 1.29 is 12.9 Å². The molecule has 1 unspecified atom stereocenters. The Bertz CT molecular complexity index is 604. The molecular weight excluding hydrogens is 278 g/mol. The van der Waals surface area contributed by atoms with Gasteiger partial charge in [0.1, 0.15) is 0 Å². The molecule has 0 spiro atoms. The predicted molar refractivity (Wildman–Crippen MR) is 73.6 cm³/mol. The van der Waals surface area contributed by atoms with Crippen LogP contribution in [0.2, 0.25) is 0 Å². The molecular formula is C13H21N3O3S. The number of aromatic nitrogens is 2. The van der Waals surface area contributed by atoms with E-state index in [1.807, 2.05) is 20.8 Å². The van der Waals surface area contributed by atoms with Crippen LogP contribution in [0.15, 0.2) is 4.52 Å². The van der Waals surface area contributed by atoms with Crippen molar-refractivity contribution in [1.29, 1.82) is 0 Å². The Morgan fingerprint density at radius 3 is 2.65 bits per heavy atom. The Hall–Kier alpha value is -0.950. The smallest absolute Gasteiger partial charge is 0.229 e. The normalized spacial score (nSPS) is 26.3. The summed E-state index contributed by atoms with van der Waals surface area (Å²) in [5.74, 6) is 1.24. The van der Waals surface area contributed by atoms with Crippen LogP contribution >= 0.6 is 0 Å². The van der Waals surface area contributed by atoms with Gasteiger partial charge in [-0.05, 0) is 32.6 Å². The van der Waals surface area contributed by atoms with Crippen molar-refractivity contribution in [1.82, 2.24) is 14.4 Å². The molecule has 1 aliphatic heterocycles. The van der Waals surface area contributed by atoms with E-state index in [0.29, 0.717) is 18.3 Å². The lowest BCUT2D eigenvalue weighted by Gasteiger charge is -2.25. The van der Waals surface area contributed by atoms with E-state index in [1.165, 1.54) is 0 Å². The zero-order valence-corrected chi connectivity index (χ0v) is 13.0. The van der Waals surface area contributed by atoms with Crippen LogP contribution in [0, 0.1) is 0 Å². The highest BCUT2D eigenvalue weighted by molar-refractivity contribution is 7.90. The quantitative estimate of drug-likeness (QED) is 0.852. The number of hydrogen-bond acceptors (Lipinski definition) is 5. The lowest BCUT2D eigenvalue weighted by atomic mass is 10.2. The molecule has 1 aliphatic carbocycles. The zero-order valence-electron chi connectivity index (χ0n) is 12.2. The summed E-state index contributed by atoms with van der Waals surface area (Å²) < 4.78 is 31.6. The highest BCUT2D eigenvalue weighted by Gasteiger charge is 2.55. The first-order valence-corrected chi connectivity index (χ1v) is 8.64. The van der Waals surface area contributed by atoms with Gasteiger partial charge in [0.15, 0.2) is 5.82 Å². The summed E-state index contributed by atoms with van der Waals surface area (Å²) in [4.78, 5) is 4.37. The molecule has 0 bridgehead atoms. The third-order valence-corrected chi connectivity index (χ3v) is 7.05. The van der Waals surface area contributed by atoms with Gasteiger partial charge in [-0.15, -0.1) is 0 Å². The van der Waals surface area contributed by atoms with E-state index in [-0.39, 0.29) is 12.0 Å². The SMILES string of the molecule is CC(C)c1nc(C2CCCN2S(=O)(=O)C2(C)CC2)no1. The van der Waals surface area contributed by atoms with Gasteiger partial charge < -0.3 is 4.52 Å². The summed E-state index contributed by atoms with van der Waals surface area (Å²) in [5, 5.41) is 3.99. The Balaban J connectivity index is 1.89. The highest BCUT2D eigenvalue weighted by atomic mass is 32.2. The predicted octanol–water partition coefficient (Wildman–Crippen LogP) is 2.21. The third-order valence-electron chi connectivity index (χ3n) is 4.34. The van der Waals surface area contributed by atoms with Crippen LogP contribution in [-0.2, 0) is 10.0 Å². The number of nitrogens with zero attached hydrogens (tertiary/aromatic N) is 3. The summed E-state index contributed by atoms with van der Waals surface area (Å²) in [6, 6.07) is -0.256. The maximum atomic E-state index is 12.7. The molecule has 1 aromatic heterocycles. The fourth-order valence-corrected chi connectivity index (χ4v) is 4.71. The Morgan fingerprint density at radius 2 is 2.10 bits per heavy atom. The van der Waals surface area contributed by atoms with Crippen molar-refractivity contribution in [2.45, 2.75) is 63.2 Å². The van der Waals surface area contributed by atoms with Crippen molar-refractivity contribution in [3.05, 3.63) is 11.7 Å². The van der Waals surface area contributed by atoms with Gasteiger partial charge in [0.05, 0.1) is 10.8 Å². The standard InChI is InChI=1S/C13H21N3O3S/c1-9(2)12-14-11(15-19-12)10-5-4-8-16(10)20(17,18)13(3)6-7-13/h9-10H,4-8H2,1-3H3. The van der Waals surface area contributed by atoms with E-state index in [9.17, 15) is 8.42 Å². The topological polar surface area (TPSA) is 76.3 Å². The van der Waals surface area contributed by atoms with Crippen LogP contribution in [-0.4, -0.2) is 34.2 Å². The van der Waals surface area contributed by atoms with Crippen molar-refractivity contribution >= 4 is 10.0 Å². The molecule has 1 aromatic rings. The summed E-state index contributed by atoms with van der Waals surface area (Å²) >= 11 is 0. The molecule has 3 rings (SSSR count). The molecule has 2 fully saturated rings. The van der Waals surface area contributed by atoms with Gasteiger partial charge in [0.2, 0.25) is 15.9 Å². The van der Waals surface area contributed by atoms with E-state index in [1.54, 1.807) is 4.31 Å². The van der Waals surface area contributed by atoms with Gasteiger partial charge in [-0.1, -0.05) is 19.0 Å². The second kappa shape index (κ2) is 4.53. The van der Waals surface area contributed by atoms with E-state index < -0.39 is 14.8 Å². The summed E-state index contributed by atoms with van der Waals surface area (Å²) in [6.45, 7) is 6.35. The van der Waals surface area contributed by atoms with Crippen molar-refractivity contribution in [2.24, 2.45) is 0 Å². The zero-order chi connectivity index (χ0) is 14.5. The van der Waals surface area contributed by atoms with E-state index in [4.69, 9.17) is 4.52 Å². The fourth-order valence-electron chi connectivity index (χ4n) is 2.62. The first-order valence-electron chi connectivity index (χ1n) is 7.20. The summed E-state index contributed by atoms with van der Waals surface area (Å²) in [7, 11) is -3.26. The number of hydrogen-bond donors (Lipinski definition) is 0. The lowest BCUT2D eigenvalue weighted by molar-refractivity contribution is 0.336. The molecule has 0 radical (unpaired) electrons. The summed E-state index contributed by atoms with van der Waals surface area (Å²) in [5.41, 5.74) is 0. The molecule has 112 valence electrons.